The summed E-state index contributed by atoms with van der Waals surface area (Å²) in [6, 6.07) is 5.87. The van der Waals surface area contributed by atoms with Gasteiger partial charge < -0.3 is 20.3 Å². The molecule has 1 unspecified atom stereocenters. The molecule has 0 spiro atoms. The van der Waals surface area contributed by atoms with Gasteiger partial charge >= 0.3 is 6.01 Å². The summed E-state index contributed by atoms with van der Waals surface area (Å²) in [6.07, 6.45) is 6.36. The number of unbranched alkanes of at least 4 members (excludes halogenated alkanes) is 1. The Kier molecular flexibility index (Phi) is 8.31. The molecule has 0 aliphatic heterocycles. The van der Waals surface area contributed by atoms with E-state index in [0.717, 1.165) is 42.7 Å². The number of aliphatic hydroxyl groups excluding tert-OH is 1. The monoisotopic (exact) mass is 447 g/mol. The van der Waals surface area contributed by atoms with Crippen molar-refractivity contribution in [2.45, 2.75) is 58.5 Å². The van der Waals surface area contributed by atoms with Crippen LogP contribution in [0.1, 0.15) is 57.2 Å². The summed E-state index contributed by atoms with van der Waals surface area (Å²) < 4.78 is 13.3. The molecule has 1 aromatic carbocycles. The lowest BCUT2D eigenvalue weighted by Gasteiger charge is -2.16. The molecular formula is C22H30ClN5O3. The Hall–Kier alpha value is -2.58. The van der Waals surface area contributed by atoms with E-state index >= 15 is 0 Å². The third kappa shape index (κ3) is 5.98. The van der Waals surface area contributed by atoms with Gasteiger partial charge in [0.25, 0.3) is 0 Å². The van der Waals surface area contributed by atoms with Gasteiger partial charge in [0.15, 0.2) is 11.5 Å². The lowest BCUT2D eigenvalue weighted by Crippen LogP contribution is -2.20. The van der Waals surface area contributed by atoms with Gasteiger partial charge in [-0.1, -0.05) is 44.4 Å². The Labute approximate surface area is 187 Å². The van der Waals surface area contributed by atoms with Crippen LogP contribution in [0.25, 0.3) is 5.65 Å². The third-order valence-electron chi connectivity index (χ3n) is 4.94. The van der Waals surface area contributed by atoms with Gasteiger partial charge in [-0.2, -0.15) is 4.98 Å². The van der Waals surface area contributed by atoms with E-state index in [2.05, 4.69) is 28.9 Å². The highest BCUT2D eigenvalue weighted by molar-refractivity contribution is 6.31. The SMILES string of the molecule is CCCCOc1ccc(Cc2cnc3c(N)nc(OC(CCC)CCO)nn23)c(Cl)c1. The van der Waals surface area contributed by atoms with Crippen LogP contribution in [-0.2, 0) is 6.42 Å². The topological polar surface area (TPSA) is 108 Å². The van der Waals surface area contributed by atoms with Crippen molar-refractivity contribution in [3.8, 4) is 11.8 Å². The maximum atomic E-state index is 9.27. The molecule has 0 bridgehead atoms. The van der Waals surface area contributed by atoms with Crippen LogP contribution >= 0.6 is 11.6 Å². The first-order chi connectivity index (χ1) is 15.0. The van der Waals surface area contributed by atoms with Crippen LogP contribution in [0.2, 0.25) is 5.02 Å². The Bertz CT molecular complexity index is 989. The second kappa shape index (κ2) is 11.2. The molecule has 0 fully saturated rings. The highest BCUT2D eigenvalue weighted by atomic mass is 35.5. The largest absolute Gasteiger partial charge is 0.494 e. The van der Waals surface area contributed by atoms with Crippen LogP contribution in [-0.4, -0.2) is 44.0 Å². The number of aromatic nitrogens is 4. The van der Waals surface area contributed by atoms with E-state index in [9.17, 15) is 5.11 Å². The first-order valence-electron chi connectivity index (χ1n) is 10.7. The molecule has 8 nitrogen and oxygen atoms in total. The number of benzene rings is 1. The van der Waals surface area contributed by atoms with Gasteiger partial charge in [-0.25, -0.2) is 9.50 Å². The van der Waals surface area contributed by atoms with Crippen molar-refractivity contribution in [1.82, 2.24) is 19.6 Å². The average Bonchev–Trinajstić information content (AvgIpc) is 3.14. The van der Waals surface area contributed by atoms with Crippen LogP contribution in [0.15, 0.2) is 24.4 Å². The highest BCUT2D eigenvalue weighted by Gasteiger charge is 2.16. The Morgan fingerprint density at radius 3 is 2.77 bits per heavy atom. The molecule has 2 aromatic heterocycles. The van der Waals surface area contributed by atoms with Crippen LogP contribution in [0.5, 0.6) is 11.8 Å². The first kappa shape index (κ1) is 23.1. The van der Waals surface area contributed by atoms with Crippen molar-refractivity contribution in [3.63, 3.8) is 0 Å². The molecule has 0 aliphatic rings. The van der Waals surface area contributed by atoms with Crippen molar-refractivity contribution in [2.75, 3.05) is 18.9 Å². The Morgan fingerprint density at radius 1 is 1.23 bits per heavy atom. The van der Waals surface area contributed by atoms with Crippen LogP contribution in [0, 0.1) is 0 Å². The van der Waals surface area contributed by atoms with E-state index in [1.807, 2.05) is 18.2 Å². The van der Waals surface area contributed by atoms with Gasteiger partial charge in [0.05, 0.1) is 18.5 Å². The van der Waals surface area contributed by atoms with E-state index in [1.54, 1.807) is 10.7 Å². The normalized spacial score (nSPS) is 12.3. The fraction of sp³-hybridized carbons (Fsp3) is 0.500. The highest BCUT2D eigenvalue weighted by Crippen LogP contribution is 2.26. The van der Waals surface area contributed by atoms with Gasteiger partial charge in [0.1, 0.15) is 11.9 Å². The molecule has 2 heterocycles. The van der Waals surface area contributed by atoms with Crippen molar-refractivity contribution in [2.24, 2.45) is 0 Å². The number of hydrogen-bond donors (Lipinski definition) is 2. The minimum absolute atomic E-state index is 0.0371. The third-order valence-corrected chi connectivity index (χ3v) is 5.29. The second-order valence-electron chi connectivity index (χ2n) is 7.44. The molecule has 3 N–H and O–H groups in total. The van der Waals surface area contributed by atoms with Crippen molar-refractivity contribution >= 4 is 23.1 Å². The summed E-state index contributed by atoms with van der Waals surface area (Å²) in [6.45, 7) is 4.89. The molecule has 9 heteroatoms. The number of anilines is 1. The summed E-state index contributed by atoms with van der Waals surface area (Å²) in [5, 5.41) is 14.4. The quantitative estimate of drug-likeness (QED) is 0.403. The fourth-order valence-electron chi connectivity index (χ4n) is 3.27. The fourth-order valence-corrected chi connectivity index (χ4v) is 3.50. The predicted octanol–water partition coefficient (Wildman–Crippen LogP) is 4.06. The van der Waals surface area contributed by atoms with E-state index < -0.39 is 0 Å². The molecule has 31 heavy (non-hydrogen) atoms. The van der Waals surface area contributed by atoms with E-state index in [0.29, 0.717) is 30.1 Å². The van der Waals surface area contributed by atoms with Gasteiger partial charge in [-0.15, -0.1) is 5.10 Å². The number of nitrogens with two attached hydrogens (primary N) is 1. The summed E-state index contributed by atoms with van der Waals surface area (Å²) in [4.78, 5) is 8.58. The predicted molar refractivity (Wildman–Crippen MR) is 121 cm³/mol. The molecular weight excluding hydrogens is 418 g/mol. The van der Waals surface area contributed by atoms with Crippen LogP contribution in [0.3, 0.4) is 0 Å². The second-order valence-corrected chi connectivity index (χ2v) is 7.84. The average molecular weight is 448 g/mol. The molecule has 1 atom stereocenters. The Morgan fingerprint density at radius 2 is 2.06 bits per heavy atom. The molecule has 0 amide bonds. The molecule has 0 saturated carbocycles. The summed E-state index contributed by atoms with van der Waals surface area (Å²) in [7, 11) is 0. The number of halogens is 1. The lowest BCUT2D eigenvalue weighted by atomic mass is 10.1. The van der Waals surface area contributed by atoms with Crippen LogP contribution in [0.4, 0.5) is 5.82 Å². The number of fused-ring (bicyclic) bond motifs is 1. The lowest BCUT2D eigenvalue weighted by molar-refractivity contribution is 0.133. The van der Waals surface area contributed by atoms with E-state index in [1.165, 1.54) is 0 Å². The number of nitrogens with zero attached hydrogens (tertiary/aromatic N) is 4. The first-order valence-corrected chi connectivity index (χ1v) is 11.1. The zero-order valence-electron chi connectivity index (χ0n) is 18.1. The van der Waals surface area contributed by atoms with Crippen molar-refractivity contribution in [3.05, 3.63) is 40.7 Å². The maximum absolute atomic E-state index is 9.27. The standard InChI is InChI=1S/C22H30ClN5O3/c1-3-5-11-30-18-8-7-15(19(23)13-18)12-16-14-25-21-20(24)26-22(27-28(16)21)31-17(6-4-2)9-10-29/h7-8,13-14,17,29H,3-6,9-12H2,1-2H3,(H2,24,26,27). The molecule has 168 valence electrons. The van der Waals surface area contributed by atoms with Gasteiger partial charge in [-0.3, -0.25) is 0 Å². The maximum Gasteiger partial charge on any atom is 0.336 e. The van der Waals surface area contributed by atoms with Crippen molar-refractivity contribution < 1.29 is 14.6 Å². The van der Waals surface area contributed by atoms with Crippen LogP contribution < -0.4 is 15.2 Å². The van der Waals surface area contributed by atoms with Gasteiger partial charge in [-0.05, 0) is 30.5 Å². The molecule has 0 saturated heterocycles. The summed E-state index contributed by atoms with van der Waals surface area (Å²) in [5.74, 6) is 0.995. The van der Waals surface area contributed by atoms with E-state index in [-0.39, 0.29) is 24.5 Å². The minimum atomic E-state index is -0.173. The summed E-state index contributed by atoms with van der Waals surface area (Å²) in [5.41, 5.74) is 8.29. The van der Waals surface area contributed by atoms with E-state index in [4.69, 9.17) is 26.8 Å². The zero-order valence-corrected chi connectivity index (χ0v) is 18.8. The number of aliphatic hydroxyl groups is 1. The number of imidazole rings is 1. The minimum Gasteiger partial charge on any atom is -0.494 e. The Balaban J connectivity index is 1.82. The molecule has 3 rings (SSSR count). The van der Waals surface area contributed by atoms with Gasteiger partial charge in [0, 0.05) is 24.5 Å². The summed E-state index contributed by atoms with van der Waals surface area (Å²) >= 11 is 6.50. The number of ether oxygens (including phenoxy) is 2. The molecule has 0 aliphatic carbocycles. The molecule has 3 aromatic rings. The number of hydrogen-bond acceptors (Lipinski definition) is 7. The van der Waals surface area contributed by atoms with Crippen molar-refractivity contribution in [1.29, 1.82) is 0 Å². The van der Waals surface area contributed by atoms with Gasteiger partial charge in [0.2, 0.25) is 0 Å². The number of nitrogen functional groups attached to an aromatic ring is 1. The smallest absolute Gasteiger partial charge is 0.336 e. The molecule has 0 radical (unpaired) electrons. The number of rotatable bonds is 12. The zero-order chi connectivity index (χ0) is 22.2.